The maximum atomic E-state index is 14.8. The normalized spacial score (nSPS) is 21.9. The van der Waals surface area contributed by atoms with Gasteiger partial charge in [0.1, 0.15) is 34.4 Å². The van der Waals surface area contributed by atoms with Crippen molar-refractivity contribution in [3.63, 3.8) is 0 Å². The average molecular weight is 1100 g/mol. The number of aliphatic hydroxyl groups is 1. The van der Waals surface area contributed by atoms with Gasteiger partial charge in [0.05, 0.1) is 51.5 Å². The summed E-state index contributed by atoms with van der Waals surface area (Å²) in [5.74, 6) is -0.0181. The van der Waals surface area contributed by atoms with Crippen LogP contribution >= 0.6 is 0 Å². The Balaban J connectivity index is 0.785. The number of halogens is 1. The fourth-order valence-electron chi connectivity index (χ4n) is 12.6. The smallest absolute Gasteiger partial charge is 0.293 e. The van der Waals surface area contributed by atoms with Crippen LogP contribution in [0.1, 0.15) is 98.3 Å². The highest BCUT2D eigenvalue weighted by atomic mass is 32.2. The third-order valence-corrected chi connectivity index (χ3v) is 18.6. The van der Waals surface area contributed by atoms with Crippen LogP contribution in [-0.4, -0.2) is 128 Å². The molecule has 79 heavy (non-hydrogen) atoms. The lowest BCUT2D eigenvalue weighted by molar-refractivity contribution is -0.384. The molecule has 1 atom stereocenters. The molecule has 3 aliphatic heterocycles. The second kappa shape index (κ2) is 21.7. The molecule has 2 aromatic heterocycles. The van der Waals surface area contributed by atoms with E-state index in [0.29, 0.717) is 37.0 Å². The lowest BCUT2D eigenvalue weighted by Gasteiger charge is -2.63. The first-order valence-electron chi connectivity index (χ1n) is 27.4. The molecule has 1 spiro atoms. The van der Waals surface area contributed by atoms with E-state index in [2.05, 4.69) is 95.9 Å². The molecule has 18 nitrogen and oxygen atoms in total. The quantitative estimate of drug-likeness (QED) is 0.0467. The Hall–Kier alpha value is -6.84. The van der Waals surface area contributed by atoms with E-state index in [1.165, 1.54) is 53.3 Å². The van der Waals surface area contributed by atoms with E-state index in [1.54, 1.807) is 33.3 Å². The van der Waals surface area contributed by atoms with E-state index in [1.807, 2.05) is 0 Å². The van der Waals surface area contributed by atoms with Gasteiger partial charge in [0, 0.05) is 108 Å². The molecule has 0 bridgehead atoms. The number of methoxy groups -OCH3 is 2. The molecule has 1 amide bonds. The average Bonchev–Trinajstić information content (AvgIpc) is 3.92. The van der Waals surface area contributed by atoms with Crippen LogP contribution in [0.4, 0.5) is 27.1 Å². The maximum Gasteiger partial charge on any atom is 0.293 e. The molecule has 2 aliphatic carbocycles. The molecule has 20 heteroatoms. The van der Waals surface area contributed by atoms with Crippen LogP contribution in [0.2, 0.25) is 0 Å². The summed E-state index contributed by atoms with van der Waals surface area (Å²) in [6, 6.07) is 25.9. The van der Waals surface area contributed by atoms with Crippen molar-refractivity contribution in [1.29, 1.82) is 0 Å². The van der Waals surface area contributed by atoms with Crippen molar-refractivity contribution >= 4 is 49.7 Å². The van der Waals surface area contributed by atoms with Gasteiger partial charge in [-0.2, -0.15) is 0 Å². The Bertz CT molecular complexity index is 3360. The molecule has 5 aliphatic rings. The van der Waals surface area contributed by atoms with Crippen molar-refractivity contribution in [2.24, 2.45) is 11.3 Å². The fraction of sp³-hybridized carbons (Fsp3) is 0.458. The minimum Gasteiger partial charge on any atom is -0.495 e. The van der Waals surface area contributed by atoms with Crippen molar-refractivity contribution in [3.05, 3.63) is 136 Å². The number of sulfonamides is 1. The predicted molar refractivity (Wildman–Crippen MR) is 300 cm³/mol. The van der Waals surface area contributed by atoms with E-state index in [9.17, 15) is 32.8 Å². The van der Waals surface area contributed by atoms with Crippen LogP contribution in [0.3, 0.4) is 0 Å². The largest absolute Gasteiger partial charge is 0.495 e. The van der Waals surface area contributed by atoms with Crippen LogP contribution in [0.15, 0.2) is 102 Å². The maximum absolute atomic E-state index is 14.8. The number of ether oxygens (including phenoxy) is 3. The van der Waals surface area contributed by atoms with Crippen molar-refractivity contribution in [3.8, 4) is 17.2 Å². The number of anilines is 3. The van der Waals surface area contributed by atoms with E-state index in [-0.39, 0.29) is 51.6 Å². The summed E-state index contributed by atoms with van der Waals surface area (Å²) in [5, 5.41) is 25.9. The number of aromatic amines is 1. The molecule has 418 valence electrons. The second-order valence-electron chi connectivity index (χ2n) is 23.1. The van der Waals surface area contributed by atoms with Gasteiger partial charge in [0.25, 0.3) is 21.6 Å². The third kappa shape index (κ3) is 11.2. The number of nitro groups is 1. The van der Waals surface area contributed by atoms with Crippen LogP contribution in [-0.2, 0) is 21.3 Å². The minimum absolute atomic E-state index is 0.0137. The second-order valence-corrected chi connectivity index (χ2v) is 24.8. The Labute approximate surface area is 460 Å². The summed E-state index contributed by atoms with van der Waals surface area (Å²) >= 11 is 0. The minimum atomic E-state index is -4.65. The lowest BCUT2D eigenvalue weighted by Crippen LogP contribution is -2.68. The molecule has 0 radical (unpaired) electrons. The number of pyridine rings is 1. The number of carbonyl (C=O) groups is 1. The number of benzene rings is 4. The van der Waals surface area contributed by atoms with Gasteiger partial charge in [-0.1, -0.05) is 44.2 Å². The van der Waals surface area contributed by atoms with Gasteiger partial charge in [-0.15, -0.1) is 0 Å². The van der Waals surface area contributed by atoms with Gasteiger partial charge in [-0.05, 0) is 116 Å². The van der Waals surface area contributed by atoms with E-state index in [4.69, 9.17) is 14.2 Å². The number of nitro benzene ring substituents is 1. The fourth-order valence-corrected chi connectivity index (χ4v) is 13.6. The highest BCUT2D eigenvalue weighted by Crippen LogP contribution is 2.54. The summed E-state index contributed by atoms with van der Waals surface area (Å²) in [5.41, 5.74) is 5.02. The Kier molecular flexibility index (Phi) is 14.8. The van der Waals surface area contributed by atoms with Crippen molar-refractivity contribution in [2.75, 3.05) is 81.7 Å². The van der Waals surface area contributed by atoms with Crippen LogP contribution in [0.25, 0.3) is 11.0 Å². The topological polar surface area (TPSA) is 208 Å². The van der Waals surface area contributed by atoms with E-state index < -0.39 is 42.9 Å². The zero-order chi connectivity index (χ0) is 55.4. The molecule has 2 saturated carbocycles. The molecular formula is C59H70FN9O9S. The standard InChI is InChI=1S/C59H70FN9O9S/c1-37(2)45-8-6-7-9-46(45)53-34-65(31-39-10-15-51(55(22-39)77-5)66-32-43(33-66)76-4)20-21-68(53)41-26-59(27-41)35-67(36-59)40-11-13-47(54(23-40)78-42-24-48-49(60)30-63-56(48)62-29-42)57(70)64-79(74,75)44-12-14-50(52(25-44)69(72)73)61-28-38-16-18-58(3,71)19-17-38/h6-15,22-25,29-30,37-38,41,43,53,61,71H,16-21,26-28,31-36H2,1-5H3,(H,62,63)(H,64,70)/t38-,53-,58-/m0/s1. The number of nitrogens with zero attached hydrogens (tertiary/aromatic N) is 6. The molecule has 6 aromatic rings. The summed E-state index contributed by atoms with van der Waals surface area (Å²) in [4.78, 5) is 42.1. The first kappa shape index (κ1) is 54.1. The lowest BCUT2D eigenvalue weighted by atomic mass is 9.59. The molecule has 3 saturated heterocycles. The van der Waals surface area contributed by atoms with Crippen LogP contribution in [0, 0.1) is 27.3 Å². The van der Waals surface area contributed by atoms with Crippen molar-refractivity contribution in [1.82, 2.24) is 24.5 Å². The summed E-state index contributed by atoms with van der Waals surface area (Å²) in [6.07, 6.45) is 7.58. The van der Waals surface area contributed by atoms with Crippen molar-refractivity contribution < 1.29 is 41.8 Å². The molecule has 4 aromatic carbocycles. The van der Waals surface area contributed by atoms with Crippen molar-refractivity contribution in [2.45, 2.75) is 100 Å². The number of hydrogen-bond donors (Lipinski definition) is 4. The van der Waals surface area contributed by atoms with Crippen LogP contribution < -0.4 is 29.3 Å². The molecule has 4 N–H and O–H groups in total. The number of nitrogens with one attached hydrogen (secondary N) is 3. The third-order valence-electron chi connectivity index (χ3n) is 17.2. The van der Waals surface area contributed by atoms with Gasteiger partial charge in [-0.25, -0.2) is 22.5 Å². The number of H-pyrrole nitrogens is 1. The van der Waals surface area contributed by atoms with Gasteiger partial charge in [-0.3, -0.25) is 24.7 Å². The van der Waals surface area contributed by atoms with Gasteiger partial charge in [0.15, 0.2) is 0 Å². The number of aromatic nitrogens is 2. The zero-order valence-electron chi connectivity index (χ0n) is 45.4. The first-order chi connectivity index (χ1) is 37.9. The summed E-state index contributed by atoms with van der Waals surface area (Å²) < 4.78 is 62.3. The predicted octanol–water partition coefficient (Wildman–Crippen LogP) is 9.37. The Morgan fingerprint density at radius 3 is 2.47 bits per heavy atom. The molecule has 11 rings (SSSR count). The van der Waals surface area contributed by atoms with Gasteiger partial charge >= 0.3 is 0 Å². The van der Waals surface area contributed by atoms with E-state index in [0.717, 1.165) is 101 Å². The van der Waals surface area contributed by atoms with Gasteiger partial charge < -0.3 is 39.4 Å². The zero-order valence-corrected chi connectivity index (χ0v) is 46.2. The van der Waals surface area contributed by atoms with E-state index >= 15 is 0 Å². The number of amides is 1. The molecule has 0 unspecified atom stereocenters. The highest BCUT2D eigenvalue weighted by Gasteiger charge is 2.55. The molecule has 5 heterocycles. The number of hydrogen-bond acceptors (Lipinski definition) is 15. The van der Waals surface area contributed by atoms with Crippen LogP contribution in [0.5, 0.6) is 17.2 Å². The summed E-state index contributed by atoms with van der Waals surface area (Å²) in [6.45, 7) is 13.6. The number of piperazine rings is 1. The summed E-state index contributed by atoms with van der Waals surface area (Å²) in [7, 11) is -1.16. The number of rotatable bonds is 18. The number of carbonyl (C=O) groups excluding carboxylic acids is 1. The monoisotopic (exact) mass is 1100 g/mol. The first-order valence-corrected chi connectivity index (χ1v) is 28.9. The molecule has 5 fully saturated rings. The van der Waals surface area contributed by atoms with Gasteiger partial charge in [0.2, 0.25) is 0 Å². The Morgan fingerprint density at radius 2 is 1.73 bits per heavy atom. The SMILES string of the molecule is COc1cc(CN2CCN(C3CC4(C3)CN(c3ccc(C(=O)NS(=O)(=O)c5ccc(NC[C@H]6CC[C@](C)(O)CC6)c([N+](=O)[O-])c5)c(Oc5cnc6[nH]cc(F)c6c5)c3)C4)[C@H](c3ccccc3C(C)C)C2)ccc1N1CC(OC)C1. The number of fused-ring (bicyclic) bond motifs is 1. The highest BCUT2D eigenvalue weighted by molar-refractivity contribution is 7.90. The molecular weight excluding hydrogens is 1030 g/mol. The Morgan fingerprint density at radius 1 is 0.962 bits per heavy atom.